The SMILES string of the molecule is CCc1nc(C(=O)N2CCC(NS(C)(=O)=O)CC2)n[nH]1. The van der Waals surface area contributed by atoms with Gasteiger partial charge in [-0.25, -0.2) is 18.1 Å². The zero-order valence-electron chi connectivity index (χ0n) is 11.6. The van der Waals surface area contributed by atoms with Crippen LogP contribution in [-0.4, -0.2) is 59.8 Å². The van der Waals surface area contributed by atoms with Gasteiger partial charge in [-0.05, 0) is 12.8 Å². The van der Waals surface area contributed by atoms with Crippen molar-refractivity contribution in [3.05, 3.63) is 11.6 Å². The van der Waals surface area contributed by atoms with Crippen molar-refractivity contribution in [1.29, 1.82) is 0 Å². The summed E-state index contributed by atoms with van der Waals surface area (Å²) in [4.78, 5) is 17.9. The number of aryl methyl sites for hydroxylation is 1. The van der Waals surface area contributed by atoms with Crippen LogP contribution in [0.1, 0.15) is 36.2 Å². The van der Waals surface area contributed by atoms with Crippen molar-refractivity contribution in [2.45, 2.75) is 32.2 Å². The van der Waals surface area contributed by atoms with Gasteiger partial charge in [0.25, 0.3) is 5.91 Å². The number of aromatic nitrogens is 3. The Hall–Kier alpha value is -1.48. The van der Waals surface area contributed by atoms with Crippen molar-refractivity contribution in [2.24, 2.45) is 0 Å². The number of aromatic amines is 1. The molecule has 0 saturated carbocycles. The van der Waals surface area contributed by atoms with Crippen molar-refractivity contribution in [1.82, 2.24) is 24.8 Å². The topological polar surface area (TPSA) is 108 Å². The van der Waals surface area contributed by atoms with Crippen molar-refractivity contribution in [3.8, 4) is 0 Å². The number of sulfonamides is 1. The normalized spacial score (nSPS) is 17.4. The minimum absolute atomic E-state index is 0.104. The monoisotopic (exact) mass is 301 g/mol. The lowest BCUT2D eigenvalue weighted by molar-refractivity contribution is 0.0699. The highest BCUT2D eigenvalue weighted by molar-refractivity contribution is 7.88. The van der Waals surface area contributed by atoms with E-state index in [0.717, 1.165) is 6.26 Å². The second-order valence-corrected chi connectivity index (χ2v) is 6.70. The smallest absolute Gasteiger partial charge is 0.293 e. The molecule has 9 heteroatoms. The Kier molecular flexibility index (Phi) is 4.39. The van der Waals surface area contributed by atoms with Crippen LogP contribution >= 0.6 is 0 Å². The number of rotatable bonds is 4. The minimum Gasteiger partial charge on any atom is -0.336 e. The number of piperidine rings is 1. The first kappa shape index (κ1) is 14.9. The molecule has 1 fully saturated rings. The minimum atomic E-state index is -3.20. The average Bonchev–Trinajstić information content (AvgIpc) is 2.85. The van der Waals surface area contributed by atoms with Gasteiger partial charge in [-0.3, -0.25) is 9.89 Å². The molecule has 0 bridgehead atoms. The van der Waals surface area contributed by atoms with Crippen LogP contribution in [0.15, 0.2) is 0 Å². The van der Waals surface area contributed by atoms with Crippen LogP contribution < -0.4 is 4.72 Å². The fourth-order valence-electron chi connectivity index (χ4n) is 2.19. The molecule has 2 N–H and O–H groups in total. The number of carbonyl (C=O) groups excluding carboxylic acids is 1. The Labute approximate surface area is 118 Å². The van der Waals surface area contributed by atoms with Crippen LogP contribution in [0.2, 0.25) is 0 Å². The van der Waals surface area contributed by atoms with Crippen LogP contribution in [-0.2, 0) is 16.4 Å². The van der Waals surface area contributed by atoms with Crippen molar-refractivity contribution in [3.63, 3.8) is 0 Å². The summed E-state index contributed by atoms with van der Waals surface area (Å²) in [6.45, 7) is 2.93. The zero-order chi connectivity index (χ0) is 14.8. The van der Waals surface area contributed by atoms with E-state index in [1.54, 1.807) is 4.90 Å². The fourth-order valence-corrected chi connectivity index (χ4v) is 3.03. The predicted molar refractivity (Wildman–Crippen MR) is 72.7 cm³/mol. The molecule has 1 aromatic rings. The molecule has 0 atom stereocenters. The van der Waals surface area contributed by atoms with E-state index in [4.69, 9.17) is 0 Å². The van der Waals surface area contributed by atoms with Gasteiger partial charge >= 0.3 is 0 Å². The molecule has 0 aromatic carbocycles. The molecule has 0 aliphatic carbocycles. The van der Waals surface area contributed by atoms with E-state index in [2.05, 4.69) is 19.9 Å². The molecule has 0 unspecified atom stereocenters. The number of hydrogen-bond donors (Lipinski definition) is 2. The Bertz CT molecular complexity index is 575. The average molecular weight is 301 g/mol. The molecule has 1 aromatic heterocycles. The number of carbonyl (C=O) groups is 1. The third kappa shape index (κ3) is 3.76. The van der Waals surface area contributed by atoms with Crippen LogP contribution in [0.3, 0.4) is 0 Å². The summed E-state index contributed by atoms with van der Waals surface area (Å²) in [5.74, 6) is 0.650. The lowest BCUT2D eigenvalue weighted by atomic mass is 10.1. The quantitative estimate of drug-likeness (QED) is 0.781. The van der Waals surface area contributed by atoms with Gasteiger partial charge in [0.1, 0.15) is 5.82 Å². The number of nitrogens with one attached hydrogen (secondary N) is 2. The van der Waals surface area contributed by atoms with Gasteiger partial charge in [0, 0.05) is 25.6 Å². The number of H-pyrrole nitrogens is 1. The van der Waals surface area contributed by atoms with Gasteiger partial charge in [0.2, 0.25) is 15.8 Å². The zero-order valence-corrected chi connectivity index (χ0v) is 12.4. The van der Waals surface area contributed by atoms with Crippen molar-refractivity contribution >= 4 is 15.9 Å². The van der Waals surface area contributed by atoms with Crippen molar-refractivity contribution in [2.75, 3.05) is 19.3 Å². The second kappa shape index (κ2) is 5.88. The van der Waals surface area contributed by atoms with Crippen LogP contribution in [0.5, 0.6) is 0 Å². The van der Waals surface area contributed by atoms with E-state index in [0.29, 0.717) is 38.2 Å². The Balaban J connectivity index is 1.91. The van der Waals surface area contributed by atoms with Crippen LogP contribution in [0, 0.1) is 0 Å². The third-order valence-electron chi connectivity index (χ3n) is 3.22. The standard InChI is InChI=1S/C11H19N5O3S/c1-3-9-12-10(14-13-9)11(17)16-6-4-8(5-7-16)15-20(2,18)19/h8,15H,3-7H2,1-2H3,(H,12,13,14). The first-order valence-electron chi connectivity index (χ1n) is 6.57. The molecule has 0 radical (unpaired) electrons. The molecule has 1 saturated heterocycles. The van der Waals surface area contributed by atoms with E-state index in [-0.39, 0.29) is 17.8 Å². The second-order valence-electron chi connectivity index (χ2n) is 4.92. The summed E-state index contributed by atoms with van der Waals surface area (Å²) < 4.78 is 24.9. The highest BCUT2D eigenvalue weighted by Crippen LogP contribution is 2.13. The number of hydrogen-bond acceptors (Lipinski definition) is 5. The number of amides is 1. The molecule has 0 spiro atoms. The third-order valence-corrected chi connectivity index (χ3v) is 3.98. The lowest BCUT2D eigenvalue weighted by Gasteiger charge is -2.31. The van der Waals surface area contributed by atoms with Gasteiger partial charge in [-0.1, -0.05) is 6.92 Å². The summed E-state index contributed by atoms with van der Waals surface area (Å²) in [5.41, 5.74) is 0. The lowest BCUT2D eigenvalue weighted by Crippen LogP contribution is -2.46. The van der Waals surface area contributed by atoms with Crippen LogP contribution in [0.25, 0.3) is 0 Å². The van der Waals surface area contributed by atoms with E-state index >= 15 is 0 Å². The van der Waals surface area contributed by atoms with Gasteiger partial charge in [0.15, 0.2) is 0 Å². The summed E-state index contributed by atoms with van der Waals surface area (Å²) in [7, 11) is -3.20. The fraction of sp³-hybridized carbons (Fsp3) is 0.727. The van der Waals surface area contributed by atoms with Gasteiger partial charge in [0.05, 0.1) is 6.26 Å². The van der Waals surface area contributed by atoms with E-state index in [1.165, 1.54) is 0 Å². The molecule has 1 aliphatic rings. The maximum absolute atomic E-state index is 12.2. The van der Waals surface area contributed by atoms with E-state index < -0.39 is 10.0 Å². The molecule has 1 amide bonds. The summed E-state index contributed by atoms with van der Waals surface area (Å²) in [6.07, 6.45) is 3.04. The summed E-state index contributed by atoms with van der Waals surface area (Å²) in [6, 6.07) is -0.104. The molecule has 20 heavy (non-hydrogen) atoms. The number of nitrogens with zero attached hydrogens (tertiary/aromatic N) is 3. The molecule has 1 aliphatic heterocycles. The van der Waals surface area contributed by atoms with E-state index in [1.807, 2.05) is 6.92 Å². The molecular formula is C11H19N5O3S. The van der Waals surface area contributed by atoms with Gasteiger partial charge in [-0.2, -0.15) is 0 Å². The van der Waals surface area contributed by atoms with Gasteiger partial charge < -0.3 is 4.90 Å². The molecule has 2 rings (SSSR count). The number of likely N-dealkylation sites (tertiary alicyclic amines) is 1. The van der Waals surface area contributed by atoms with Crippen molar-refractivity contribution < 1.29 is 13.2 Å². The summed E-state index contributed by atoms with van der Waals surface area (Å²) in [5, 5.41) is 6.62. The maximum Gasteiger partial charge on any atom is 0.293 e. The first-order chi connectivity index (χ1) is 9.39. The Morgan fingerprint density at radius 1 is 1.45 bits per heavy atom. The largest absolute Gasteiger partial charge is 0.336 e. The maximum atomic E-state index is 12.2. The van der Waals surface area contributed by atoms with E-state index in [9.17, 15) is 13.2 Å². The first-order valence-corrected chi connectivity index (χ1v) is 8.46. The molecule has 112 valence electrons. The highest BCUT2D eigenvalue weighted by atomic mass is 32.2. The van der Waals surface area contributed by atoms with Gasteiger partial charge in [-0.15, -0.1) is 5.10 Å². The molecular weight excluding hydrogens is 282 g/mol. The highest BCUT2D eigenvalue weighted by Gasteiger charge is 2.27. The van der Waals surface area contributed by atoms with Crippen LogP contribution in [0.4, 0.5) is 0 Å². The Morgan fingerprint density at radius 3 is 2.60 bits per heavy atom. The Morgan fingerprint density at radius 2 is 2.10 bits per heavy atom. The predicted octanol–water partition coefficient (Wildman–Crippen LogP) is -0.479. The summed E-state index contributed by atoms with van der Waals surface area (Å²) >= 11 is 0. The molecule has 2 heterocycles. The molecule has 8 nitrogen and oxygen atoms in total.